The predicted octanol–water partition coefficient (Wildman–Crippen LogP) is 2.47. The van der Waals surface area contributed by atoms with E-state index in [0.29, 0.717) is 4.21 Å². The van der Waals surface area contributed by atoms with Crippen LogP contribution in [0.15, 0.2) is 21.7 Å². The van der Waals surface area contributed by atoms with E-state index in [4.69, 9.17) is 0 Å². The molecular weight excluding hydrogens is 406 g/mol. The molecule has 3 N–H and O–H groups in total. The highest BCUT2D eigenvalue weighted by Gasteiger charge is 2.42. The Morgan fingerprint density at radius 2 is 1.79 bits per heavy atom. The van der Waals surface area contributed by atoms with Gasteiger partial charge in [-0.1, -0.05) is 25.3 Å². The topological polar surface area (TPSA) is 83.1 Å². The summed E-state index contributed by atoms with van der Waals surface area (Å²) in [6, 6.07) is 3.36. The summed E-state index contributed by atoms with van der Waals surface area (Å²) in [5.74, 6) is -0.186. The monoisotopic (exact) mass is 442 g/mol. The Kier molecular flexibility index (Phi) is 6.78. The summed E-state index contributed by atoms with van der Waals surface area (Å²) in [5, 5.41) is 7.30. The zero-order valence-electron chi connectivity index (χ0n) is 18.1. The Morgan fingerprint density at radius 3 is 2.34 bits per heavy atom. The van der Waals surface area contributed by atoms with Crippen molar-refractivity contribution in [3.05, 3.63) is 17.5 Å². The molecule has 0 aromatic carbocycles. The van der Waals surface area contributed by atoms with Gasteiger partial charge in [-0.25, -0.2) is 8.42 Å². The molecule has 1 saturated carbocycles. The van der Waals surface area contributed by atoms with Gasteiger partial charge < -0.3 is 10.6 Å². The molecule has 1 aromatic rings. The summed E-state index contributed by atoms with van der Waals surface area (Å²) < 4.78 is 28.4. The molecule has 29 heavy (non-hydrogen) atoms. The van der Waals surface area contributed by atoms with Crippen LogP contribution in [0.4, 0.5) is 0 Å². The number of hydrogen-bond acceptors (Lipinski definition) is 4. The van der Waals surface area contributed by atoms with Crippen molar-refractivity contribution in [1.82, 2.24) is 9.62 Å². The summed E-state index contributed by atoms with van der Waals surface area (Å²) in [5.41, 5.74) is 0.0948. The van der Waals surface area contributed by atoms with Gasteiger partial charge >= 0.3 is 0 Å². The van der Waals surface area contributed by atoms with Gasteiger partial charge in [-0.3, -0.25) is 4.79 Å². The van der Waals surface area contributed by atoms with Crippen molar-refractivity contribution < 1.29 is 18.5 Å². The fourth-order valence-corrected chi connectivity index (χ4v) is 8.10. The van der Waals surface area contributed by atoms with E-state index in [2.05, 4.69) is 38.3 Å². The van der Waals surface area contributed by atoms with Crippen LogP contribution in [0.1, 0.15) is 72.6 Å². The molecule has 1 aromatic heterocycles. The van der Waals surface area contributed by atoms with E-state index < -0.39 is 10.0 Å². The summed E-state index contributed by atoms with van der Waals surface area (Å²) in [7, 11) is -3.65. The number of carbonyl (C=O) groups is 1. The lowest BCUT2D eigenvalue weighted by Gasteiger charge is -2.43. The second-order valence-electron chi connectivity index (χ2n) is 10.1. The second-order valence-corrected chi connectivity index (χ2v) is 13.1. The van der Waals surface area contributed by atoms with Crippen LogP contribution in [0.2, 0.25) is 0 Å². The van der Waals surface area contributed by atoms with Crippen LogP contribution in [-0.4, -0.2) is 48.3 Å². The van der Waals surface area contributed by atoms with Crippen LogP contribution < -0.4 is 10.6 Å². The van der Waals surface area contributed by atoms with Crippen LogP contribution in [0.5, 0.6) is 0 Å². The highest BCUT2D eigenvalue weighted by Crippen LogP contribution is 2.29. The molecule has 0 bridgehead atoms. The van der Waals surface area contributed by atoms with Gasteiger partial charge in [0.25, 0.3) is 10.0 Å². The van der Waals surface area contributed by atoms with Crippen molar-refractivity contribution in [3.8, 4) is 0 Å². The lowest BCUT2D eigenvalue weighted by Crippen LogP contribution is -3.06. The van der Waals surface area contributed by atoms with Gasteiger partial charge in [0.15, 0.2) is 0 Å². The number of nitrogens with zero attached hydrogens (tertiary/aromatic N) is 1. The summed E-state index contributed by atoms with van der Waals surface area (Å²) in [6.07, 6.45) is 6.59. The third kappa shape index (κ3) is 5.81. The largest absolute Gasteiger partial charge is 0.352 e. The number of sulfonamides is 1. The standard InChI is InChI=1S/C21H35N3O3S2/c1-20(2)13-16(14-21(3,4)23-20)22-18(25)15-24(17-9-6-5-7-10-17)29(26,27)19-11-8-12-28-19/h8,11-12,16-17,23H,5-7,9-10,13-15H2,1-4H3,(H,22,25)/p+1. The molecule has 0 atom stereocenters. The smallest absolute Gasteiger partial charge is 0.253 e. The molecule has 3 rings (SSSR count). The fourth-order valence-electron chi connectivity index (χ4n) is 5.34. The normalized spacial score (nSPS) is 23.2. The minimum absolute atomic E-state index is 0.0474. The fraction of sp³-hybridized carbons (Fsp3) is 0.762. The number of piperidine rings is 1. The minimum Gasteiger partial charge on any atom is -0.352 e. The molecule has 1 aliphatic carbocycles. The SMILES string of the molecule is CC1(C)CC(NC(=O)CN(C2CCCCC2)S(=O)(=O)c2cccs2)CC(C)(C)[NH2+]1. The molecule has 0 radical (unpaired) electrons. The number of nitrogens with two attached hydrogens (primary N) is 1. The molecule has 164 valence electrons. The summed E-state index contributed by atoms with van der Waals surface area (Å²) in [4.78, 5) is 13.0. The maximum Gasteiger partial charge on any atom is 0.253 e. The van der Waals surface area contributed by atoms with Gasteiger partial charge in [-0.05, 0) is 52.0 Å². The lowest BCUT2D eigenvalue weighted by atomic mass is 9.79. The molecular formula is C21H36N3O3S2+. The van der Waals surface area contributed by atoms with E-state index in [1.165, 1.54) is 15.6 Å². The van der Waals surface area contributed by atoms with E-state index in [1.807, 2.05) is 0 Å². The van der Waals surface area contributed by atoms with Crippen molar-refractivity contribution in [2.75, 3.05) is 6.54 Å². The lowest BCUT2D eigenvalue weighted by molar-refractivity contribution is -0.787. The van der Waals surface area contributed by atoms with Crippen molar-refractivity contribution in [2.45, 2.75) is 100 Å². The number of rotatable bonds is 6. The van der Waals surface area contributed by atoms with Gasteiger partial charge in [0.05, 0.1) is 17.6 Å². The number of quaternary nitrogens is 1. The molecule has 2 fully saturated rings. The Bertz CT molecular complexity index is 781. The molecule has 8 heteroatoms. The molecule has 2 heterocycles. The van der Waals surface area contributed by atoms with Crippen LogP contribution in [-0.2, 0) is 14.8 Å². The maximum absolute atomic E-state index is 13.3. The number of thiophene rings is 1. The van der Waals surface area contributed by atoms with Gasteiger partial charge in [0, 0.05) is 24.9 Å². The highest BCUT2D eigenvalue weighted by atomic mass is 32.2. The molecule has 0 unspecified atom stereocenters. The van der Waals surface area contributed by atoms with E-state index in [0.717, 1.165) is 44.9 Å². The Balaban J connectivity index is 1.74. The first-order valence-electron chi connectivity index (χ1n) is 10.7. The second kappa shape index (κ2) is 8.65. The minimum atomic E-state index is -3.65. The van der Waals surface area contributed by atoms with E-state index >= 15 is 0 Å². The molecule has 1 aliphatic heterocycles. The van der Waals surface area contributed by atoms with Crippen LogP contribution in [0, 0.1) is 0 Å². The van der Waals surface area contributed by atoms with Crippen molar-refractivity contribution in [3.63, 3.8) is 0 Å². The molecule has 1 amide bonds. The molecule has 1 saturated heterocycles. The highest BCUT2D eigenvalue weighted by molar-refractivity contribution is 7.91. The van der Waals surface area contributed by atoms with Crippen LogP contribution in [0.3, 0.4) is 0 Å². The maximum atomic E-state index is 13.3. The zero-order chi connectivity index (χ0) is 21.3. The third-order valence-electron chi connectivity index (χ3n) is 6.03. The first kappa shape index (κ1) is 22.7. The quantitative estimate of drug-likeness (QED) is 0.710. The van der Waals surface area contributed by atoms with Gasteiger partial charge in [-0.2, -0.15) is 4.31 Å². The Morgan fingerprint density at radius 1 is 1.17 bits per heavy atom. The number of hydrogen-bond donors (Lipinski definition) is 2. The molecule has 2 aliphatic rings. The summed E-state index contributed by atoms with van der Waals surface area (Å²) >= 11 is 1.22. The van der Waals surface area contributed by atoms with Crippen molar-refractivity contribution in [2.24, 2.45) is 0 Å². The predicted molar refractivity (Wildman–Crippen MR) is 116 cm³/mol. The first-order valence-corrected chi connectivity index (χ1v) is 13.0. The number of amides is 1. The van der Waals surface area contributed by atoms with E-state index in [1.54, 1.807) is 17.5 Å². The number of carbonyl (C=O) groups excluding carboxylic acids is 1. The Hall–Kier alpha value is -0.960. The number of nitrogens with one attached hydrogen (secondary N) is 1. The van der Waals surface area contributed by atoms with Crippen LogP contribution >= 0.6 is 11.3 Å². The summed E-state index contributed by atoms with van der Waals surface area (Å²) in [6.45, 7) is 8.70. The third-order valence-corrected chi connectivity index (χ3v) is 9.30. The van der Waals surface area contributed by atoms with Gasteiger partial charge in [-0.15, -0.1) is 11.3 Å². The Labute approximate surface area is 179 Å². The van der Waals surface area contributed by atoms with Gasteiger partial charge in [0.1, 0.15) is 4.21 Å². The van der Waals surface area contributed by atoms with Crippen LogP contribution in [0.25, 0.3) is 0 Å². The molecule has 6 nitrogen and oxygen atoms in total. The average molecular weight is 443 g/mol. The van der Waals surface area contributed by atoms with E-state index in [9.17, 15) is 13.2 Å². The molecule has 0 spiro atoms. The van der Waals surface area contributed by atoms with E-state index in [-0.39, 0.29) is 35.6 Å². The first-order chi connectivity index (χ1) is 13.5. The zero-order valence-corrected chi connectivity index (χ0v) is 19.7. The average Bonchev–Trinajstić information content (AvgIpc) is 3.13. The van der Waals surface area contributed by atoms with Crippen molar-refractivity contribution >= 4 is 27.3 Å². The van der Waals surface area contributed by atoms with Gasteiger partial charge in [0.2, 0.25) is 5.91 Å². The van der Waals surface area contributed by atoms with Crippen molar-refractivity contribution in [1.29, 1.82) is 0 Å².